The molecule has 0 spiro atoms. The summed E-state index contributed by atoms with van der Waals surface area (Å²) in [7, 11) is 0. The molecule has 0 saturated heterocycles. The van der Waals surface area contributed by atoms with Crippen molar-refractivity contribution in [2.45, 2.75) is 12.3 Å². The molecular formula is C10H8ClNO4. The molecule has 0 heterocycles. The molecule has 5 nitrogen and oxygen atoms in total. The minimum Gasteiger partial charge on any atom is -0.481 e. The standard InChI is InChI=1S/C10H8ClNO4/c11-7-2-1-3-8(12(15)16)9(7)5-4-6(5)10(13)14/h1-3,5-6H,4H2,(H,13,14)/t5-,6-/m1/s1. The van der Waals surface area contributed by atoms with E-state index in [2.05, 4.69) is 0 Å². The van der Waals surface area contributed by atoms with Crippen LogP contribution < -0.4 is 0 Å². The lowest BCUT2D eigenvalue weighted by atomic mass is 10.1. The van der Waals surface area contributed by atoms with Crippen LogP contribution in [0.5, 0.6) is 0 Å². The summed E-state index contributed by atoms with van der Waals surface area (Å²) in [6.45, 7) is 0. The number of rotatable bonds is 3. The molecule has 0 bridgehead atoms. The lowest BCUT2D eigenvalue weighted by molar-refractivity contribution is -0.385. The average molecular weight is 242 g/mol. The number of hydrogen-bond acceptors (Lipinski definition) is 3. The molecule has 16 heavy (non-hydrogen) atoms. The number of halogens is 1. The van der Waals surface area contributed by atoms with Crippen LogP contribution in [0, 0.1) is 16.0 Å². The number of aliphatic carboxylic acids is 1. The van der Waals surface area contributed by atoms with E-state index in [-0.39, 0.29) is 16.6 Å². The number of benzene rings is 1. The molecule has 0 amide bonds. The van der Waals surface area contributed by atoms with Crippen LogP contribution in [0.15, 0.2) is 18.2 Å². The number of carboxylic acid groups (broad SMARTS) is 1. The molecule has 1 N–H and O–H groups in total. The maximum Gasteiger partial charge on any atom is 0.307 e. The normalized spacial score (nSPS) is 22.8. The van der Waals surface area contributed by atoms with Crippen LogP contribution >= 0.6 is 11.6 Å². The van der Waals surface area contributed by atoms with Gasteiger partial charge in [0, 0.05) is 12.0 Å². The van der Waals surface area contributed by atoms with Crippen molar-refractivity contribution in [3.63, 3.8) is 0 Å². The summed E-state index contributed by atoms with van der Waals surface area (Å²) in [6, 6.07) is 4.38. The highest BCUT2D eigenvalue weighted by atomic mass is 35.5. The largest absolute Gasteiger partial charge is 0.481 e. The fourth-order valence-corrected chi connectivity index (χ4v) is 2.15. The summed E-state index contributed by atoms with van der Waals surface area (Å²) in [5, 5.41) is 19.8. The van der Waals surface area contributed by atoms with Crippen LogP contribution in [0.3, 0.4) is 0 Å². The van der Waals surface area contributed by atoms with E-state index >= 15 is 0 Å². The Kier molecular flexibility index (Phi) is 2.55. The van der Waals surface area contributed by atoms with Crippen molar-refractivity contribution in [1.29, 1.82) is 0 Å². The molecule has 1 fully saturated rings. The van der Waals surface area contributed by atoms with E-state index in [0.29, 0.717) is 12.0 Å². The summed E-state index contributed by atoms with van der Waals surface area (Å²) in [6.07, 6.45) is 0.417. The number of carbonyl (C=O) groups is 1. The molecule has 0 unspecified atom stereocenters. The van der Waals surface area contributed by atoms with Crippen LogP contribution in [0.1, 0.15) is 17.9 Å². The van der Waals surface area contributed by atoms with Crippen molar-refractivity contribution in [3.05, 3.63) is 38.9 Å². The Balaban J connectivity index is 2.41. The molecule has 1 aromatic rings. The van der Waals surface area contributed by atoms with Gasteiger partial charge in [-0.1, -0.05) is 17.7 Å². The number of carboxylic acids is 1. The first-order chi connectivity index (χ1) is 7.52. The van der Waals surface area contributed by atoms with Gasteiger partial charge in [-0.15, -0.1) is 0 Å². The van der Waals surface area contributed by atoms with E-state index in [9.17, 15) is 14.9 Å². The highest BCUT2D eigenvalue weighted by Crippen LogP contribution is 2.52. The van der Waals surface area contributed by atoms with Gasteiger partial charge < -0.3 is 5.11 Å². The van der Waals surface area contributed by atoms with Gasteiger partial charge in [-0.2, -0.15) is 0 Å². The van der Waals surface area contributed by atoms with E-state index in [1.807, 2.05) is 0 Å². The van der Waals surface area contributed by atoms with Gasteiger partial charge in [0.1, 0.15) is 0 Å². The van der Waals surface area contributed by atoms with Gasteiger partial charge in [-0.25, -0.2) is 0 Å². The third-order valence-electron chi connectivity index (χ3n) is 2.71. The third kappa shape index (κ3) is 1.74. The Morgan fingerprint density at radius 3 is 2.75 bits per heavy atom. The maximum absolute atomic E-state index is 10.8. The molecule has 1 saturated carbocycles. The van der Waals surface area contributed by atoms with Crippen molar-refractivity contribution >= 4 is 23.3 Å². The Labute approximate surface area is 95.8 Å². The molecule has 0 aromatic heterocycles. The fourth-order valence-electron chi connectivity index (χ4n) is 1.84. The molecule has 2 atom stereocenters. The van der Waals surface area contributed by atoms with E-state index in [0.717, 1.165) is 0 Å². The summed E-state index contributed by atoms with van der Waals surface area (Å²) < 4.78 is 0. The second-order valence-electron chi connectivity index (χ2n) is 3.72. The van der Waals surface area contributed by atoms with Crippen LogP contribution in [0.2, 0.25) is 5.02 Å². The van der Waals surface area contributed by atoms with Gasteiger partial charge >= 0.3 is 5.97 Å². The highest BCUT2D eigenvalue weighted by molar-refractivity contribution is 6.31. The number of nitro benzene ring substituents is 1. The molecule has 1 aromatic carbocycles. The Hall–Kier alpha value is -1.62. The topological polar surface area (TPSA) is 80.4 Å². The molecule has 1 aliphatic rings. The lowest BCUT2D eigenvalue weighted by Gasteiger charge is -2.03. The summed E-state index contributed by atoms with van der Waals surface area (Å²) in [5.41, 5.74) is 0.253. The second kappa shape index (κ2) is 3.75. The van der Waals surface area contributed by atoms with Crippen molar-refractivity contribution in [1.82, 2.24) is 0 Å². The average Bonchev–Trinajstić information content (AvgIpc) is 2.96. The molecule has 1 aliphatic carbocycles. The third-order valence-corrected chi connectivity index (χ3v) is 3.03. The smallest absolute Gasteiger partial charge is 0.307 e. The zero-order chi connectivity index (χ0) is 11.9. The Morgan fingerprint density at radius 2 is 2.25 bits per heavy atom. The summed E-state index contributed by atoms with van der Waals surface area (Å²) in [5.74, 6) is -1.80. The lowest BCUT2D eigenvalue weighted by Crippen LogP contribution is -2.01. The minimum atomic E-state index is -0.931. The molecule has 0 radical (unpaired) electrons. The van der Waals surface area contributed by atoms with Gasteiger partial charge in [0.15, 0.2) is 0 Å². The van der Waals surface area contributed by atoms with Gasteiger partial charge in [-0.3, -0.25) is 14.9 Å². The van der Waals surface area contributed by atoms with Crippen molar-refractivity contribution in [2.24, 2.45) is 5.92 Å². The molecule has 84 valence electrons. The SMILES string of the molecule is O=C(O)[C@@H]1C[C@H]1c1c(Cl)cccc1[N+](=O)[O-]. The number of nitrogens with zero attached hydrogens (tertiary/aromatic N) is 1. The van der Waals surface area contributed by atoms with Crippen LogP contribution in [-0.4, -0.2) is 16.0 Å². The predicted molar refractivity (Wildman–Crippen MR) is 56.6 cm³/mol. The number of nitro groups is 1. The maximum atomic E-state index is 10.8. The van der Waals surface area contributed by atoms with E-state index in [1.165, 1.54) is 12.1 Å². The second-order valence-corrected chi connectivity index (χ2v) is 4.12. The highest BCUT2D eigenvalue weighted by Gasteiger charge is 2.48. The predicted octanol–water partition coefficient (Wildman–Crippen LogP) is 2.44. The van der Waals surface area contributed by atoms with E-state index < -0.39 is 16.8 Å². The summed E-state index contributed by atoms with van der Waals surface area (Å²) >= 11 is 5.88. The Bertz CT molecular complexity index is 474. The van der Waals surface area contributed by atoms with Crippen LogP contribution in [0.25, 0.3) is 0 Å². The van der Waals surface area contributed by atoms with Crippen LogP contribution in [-0.2, 0) is 4.79 Å². The van der Waals surface area contributed by atoms with Gasteiger partial charge in [-0.05, 0) is 12.5 Å². The van der Waals surface area contributed by atoms with Gasteiger partial charge in [0.05, 0.1) is 21.4 Å². The minimum absolute atomic E-state index is 0.0961. The zero-order valence-corrected chi connectivity index (χ0v) is 8.85. The molecular weight excluding hydrogens is 234 g/mol. The first kappa shape index (κ1) is 10.9. The molecule has 0 aliphatic heterocycles. The monoisotopic (exact) mass is 241 g/mol. The first-order valence-corrected chi connectivity index (χ1v) is 5.05. The van der Waals surface area contributed by atoms with E-state index in [4.69, 9.17) is 16.7 Å². The first-order valence-electron chi connectivity index (χ1n) is 4.68. The van der Waals surface area contributed by atoms with Gasteiger partial charge in [0.25, 0.3) is 5.69 Å². The molecule has 2 rings (SSSR count). The van der Waals surface area contributed by atoms with Crippen molar-refractivity contribution < 1.29 is 14.8 Å². The quantitative estimate of drug-likeness (QED) is 0.651. The number of hydrogen-bond donors (Lipinski definition) is 1. The van der Waals surface area contributed by atoms with Crippen molar-refractivity contribution in [3.8, 4) is 0 Å². The van der Waals surface area contributed by atoms with Crippen LogP contribution in [0.4, 0.5) is 5.69 Å². The zero-order valence-electron chi connectivity index (χ0n) is 8.09. The van der Waals surface area contributed by atoms with Crippen molar-refractivity contribution in [2.75, 3.05) is 0 Å². The fraction of sp³-hybridized carbons (Fsp3) is 0.300. The van der Waals surface area contributed by atoms with Gasteiger partial charge in [0.2, 0.25) is 0 Å². The summed E-state index contributed by atoms with van der Waals surface area (Å²) in [4.78, 5) is 21.0. The molecule has 6 heteroatoms. The van der Waals surface area contributed by atoms with E-state index in [1.54, 1.807) is 6.07 Å². The Morgan fingerprint density at radius 1 is 1.56 bits per heavy atom.